The highest BCUT2D eigenvalue weighted by Crippen LogP contribution is 2.43. The molecule has 6 heteroatoms. The van der Waals surface area contributed by atoms with Crippen molar-refractivity contribution in [3.63, 3.8) is 0 Å². The molecule has 35 heavy (non-hydrogen) atoms. The van der Waals surface area contributed by atoms with Gasteiger partial charge in [-0.25, -0.2) is 0 Å². The van der Waals surface area contributed by atoms with E-state index in [-0.39, 0.29) is 6.04 Å². The third-order valence-corrected chi connectivity index (χ3v) is 8.96. The van der Waals surface area contributed by atoms with Gasteiger partial charge in [0.05, 0.1) is 16.6 Å². The SMILES string of the molecule is CC.CC(C)(C)C1CN(C2CCN(C3C4=C(CCc5cc(Cl)ccc53)CC(Br)C=N4)CC2)CCN1. The standard InChI is InChI=1S/C27H38BrClN4.C2H6/c1-27(2,3)24-17-33(13-10-30-24)22-8-11-32(12-9-22)26-23-7-6-21(29)15-18(23)4-5-19-14-20(28)16-31-25(19)26;1-2/h6-7,15-16,20,22,24,26,30H,4-5,8-14,17H2,1-3H3;1-2H3. The number of benzene rings is 1. The molecule has 0 radical (unpaired) electrons. The lowest BCUT2D eigenvalue weighted by Gasteiger charge is -2.47. The fraction of sp³-hybridized carbons (Fsp3) is 0.690. The summed E-state index contributed by atoms with van der Waals surface area (Å²) >= 11 is 10.2. The summed E-state index contributed by atoms with van der Waals surface area (Å²) in [4.78, 5) is 10.9. The van der Waals surface area contributed by atoms with Crippen LogP contribution in [-0.4, -0.2) is 65.6 Å². The van der Waals surface area contributed by atoms with Gasteiger partial charge in [-0.3, -0.25) is 14.8 Å². The van der Waals surface area contributed by atoms with E-state index in [0.717, 1.165) is 43.9 Å². The number of halogens is 2. The lowest BCUT2D eigenvalue weighted by atomic mass is 9.84. The molecule has 0 aromatic heterocycles. The number of piperidine rings is 1. The molecule has 1 N–H and O–H groups in total. The number of hydrogen-bond acceptors (Lipinski definition) is 4. The predicted octanol–water partition coefficient (Wildman–Crippen LogP) is 6.63. The first kappa shape index (κ1) is 27.3. The van der Waals surface area contributed by atoms with Gasteiger partial charge >= 0.3 is 0 Å². The largest absolute Gasteiger partial charge is 0.311 e. The quantitative estimate of drug-likeness (QED) is 0.410. The molecule has 0 saturated carbocycles. The van der Waals surface area contributed by atoms with Crippen LogP contribution in [0.2, 0.25) is 5.02 Å². The molecule has 5 rings (SSSR count). The number of aliphatic imine (C=N–C) groups is 1. The van der Waals surface area contributed by atoms with E-state index in [9.17, 15) is 0 Å². The maximum absolute atomic E-state index is 6.41. The highest BCUT2D eigenvalue weighted by atomic mass is 79.9. The lowest BCUT2D eigenvalue weighted by Crippen LogP contribution is -2.59. The van der Waals surface area contributed by atoms with Crippen molar-refractivity contribution in [3.8, 4) is 0 Å². The third kappa shape index (κ3) is 6.23. The van der Waals surface area contributed by atoms with Crippen LogP contribution in [0.1, 0.15) is 77.5 Å². The molecular weight excluding hydrogens is 520 g/mol. The van der Waals surface area contributed by atoms with Crippen molar-refractivity contribution < 1.29 is 0 Å². The number of aryl methyl sites for hydroxylation is 1. The topological polar surface area (TPSA) is 30.9 Å². The van der Waals surface area contributed by atoms with Gasteiger partial charge in [0.2, 0.25) is 0 Å². The number of rotatable bonds is 2. The minimum Gasteiger partial charge on any atom is -0.311 e. The fourth-order valence-corrected chi connectivity index (χ4v) is 6.90. The monoisotopic (exact) mass is 562 g/mol. The van der Waals surface area contributed by atoms with E-state index in [2.05, 4.69) is 76.2 Å². The molecular formula is C29H44BrClN4. The molecule has 2 saturated heterocycles. The van der Waals surface area contributed by atoms with Gasteiger partial charge in [-0.05, 0) is 66.4 Å². The van der Waals surface area contributed by atoms with Gasteiger partial charge in [-0.1, -0.05) is 68.2 Å². The van der Waals surface area contributed by atoms with Gasteiger partial charge < -0.3 is 5.32 Å². The van der Waals surface area contributed by atoms with Gasteiger partial charge in [-0.15, -0.1) is 0 Å². The number of allylic oxidation sites excluding steroid dienone is 1. The summed E-state index contributed by atoms with van der Waals surface area (Å²) in [5.41, 5.74) is 5.96. The van der Waals surface area contributed by atoms with Crippen molar-refractivity contribution in [3.05, 3.63) is 45.6 Å². The Morgan fingerprint density at radius 2 is 1.80 bits per heavy atom. The molecule has 1 aromatic carbocycles. The summed E-state index contributed by atoms with van der Waals surface area (Å²) in [5, 5.41) is 4.60. The molecule has 3 heterocycles. The summed E-state index contributed by atoms with van der Waals surface area (Å²) in [6, 6.07) is 8.06. The number of alkyl halides is 1. The smallest absolute Gasteiger partial charge is 0.0778 e. The Labute approximate surface area is 226 Å². The maximum Gasteiger partial charge on any atom is 0.0778 e. The Hall–Kier alpha value is -0.720. The van der Waals surface area contributed by atoms with E-state index in [1.54, 1.807) is 0 Å². The number of likely N-dealkylation sites (tertiary alicyclic amines) is 1. The average Bonchev–Trinajstić information content (AvgIpc) is 3.01. The highest BCUT2D eigenvalue weighted by Gasteiger charge is 2.37. The number of fused-ring (bicyclic) bond motifs is 1. The third-order valence-electron chi connectivity index (χ3n) is 8.17. The Morgan fingerprint density at radius 3 is 2.51 bits per heavy atom. The highest BCUT2D eigenvalue weighted by molar-refractivity contribution is 9.10. The minimum atomic E-state index is 0.261. The molecule has 0 amide bonds. The molecule has 194 valence electrons. The van der Waals surface area contributed by atoms with E-state index in [1.807, 2.05) is 13.8 Å². The second kappa shape index (κ2) is 11.8. The van der Waals surface area contributed by atoms with Crippen LogP contribution in [-0.2, 0) is 6.42 Å². The molecule has 1 aromatic rings. The molecule has 0 bridgehead atoms. The Morgan fingerprint density at radius 1 is 1.06 bits per heavy atom. The van der Waals surface area contributed by atoms with E-state index in [4.69, 9.17) is 16.6 Å². The van der Waals surface area contributed by atoms with Crippen LogP contribution in [0.5, 0.6) is 0 Å². The fourth-order valence-electron chi connectivity index (χ4n) is 6.19. The molecule has 4 aliphatic rings. The summed E-state index contributed by atoms with van der Waals surface area (Å²) in [6.45, 7) is 16.8. The van der Waals surface area contributed by atoms with E-state index in [0.29, 0.717) is 22.3 Å². The van der Waals surface area contributed by atoms with Gasteiger partial charge in [0.25, 0.3) is 0 Å². The maximum atomic E-state index is 6.41. The molecule has 4 nitrogen and oxygen atoms in total. The van der Waals surface area contributed by atoms with Crippen LogP contribution in [0.3, 0.4) is 0 Å². The van der Waals surface area contributed by atoms with Crippen molar-refractivity contribution in [2.75, 3.05) is 32.7 Å². The van der Waals surface area contributed by atoms with Crippen LogP contribution in [0.15, 0.2) is 34.5 Å². The number of nitrogens with zero attached hydrogens (tertiary/aromatic N) is 3. The Balaban J connectivity index is 0.00000141. The predicted molar refractivity (Wildman–Crippen MR) is 154 cm³/mol. The average molecular weight is 564 g/mol. The molecule has 3 atom stereocenters. The van der Waals surface area contributed by atoms with Crippen LogP contribution < -0.4 is 5.32 Å². The second-order valence-corrected chi connectivity index (χ2v) is 13.0. The van der Waals surface area contributed by atoms with Crippen molar-refractivity contribution in [2.45, 2.75) is 89.7 Å². The van der Waals surface area contributed by atoms with Gasteiger partial charge in [-0.2, -0.15) is 0 Å². The lowest BCUT2D eigenvalue weighted by molar-refractivity contribution is 0.0522. The van der Waals surface area contributed by atoms with Crippen LogP contribution in [0.4, 0.5) is 0 Å². The Bertz CT molecular complexity index is 929. The van der Waals surface area contributed by atoms with Crippen molar-refractivity contribution >= 4 is 33.7 Å². The summed E-state index contributed by atoms with van der Waals surface area (Å²) in [5.74, 6) is 0. The van der Waals surface area contributed by atoms with Crippen molar-refractivity contribution in [1.29, 1.82) is 0 Å². The normalized spacial score (nSPS) is 28.6. The molecule has 3 aliphatic heterocycles. The number of hydrogen-bond donors (Lipinski definition) is 1. The zero-order valence-electron chi connectivity index (χ0n) is 22.3. The minimum absolute atomic E-state index is 0.261. The van der Waals surface area contributed by atoms with Crippen LogP contribution in [0.25, 0.3) is 0 Å². The van der Waals surface area contributed by atoms with E-state index in [1.165, 1.54) is 48.3 Å². The molecule has 3 unspecified atom stereocenters. The van der Waals surface area contributed by atoms with Gasteiger partial charge in [0.1, 0.15) is 0 Å². The first-order valence-electron chi connectivity index (χ1n) is 13.7. The first-order valence-corrected chi connectivity index (χ1v) is 15.0. The summed E-state index contributed by atoms with van der Waals surface area (Å²) in [6.07, 6.45) is 7.80. The van der Waals surface area contributed by atoms with E-state index >= 15 is 0 Å². The molecule has 1 aliphatic carbocycles. The number of piperazine rings is 1. The summed E-state index contributed by atoms with van der Waals surface area (Å²) < 4.78 is 0. The first-order chi connectivity index (χ1) is 16.8. The van der Waals surface area contributed by atoms with Crippen LogP contribution >= 0.6 is 27.5 Å². The van der Waals surface area contributed by atoms with Crippen molar-refractivity contribution in [1.82, 2.24) is 15.1 Å². The molecule has 2 fully saturated rings. The zero-order chi connectivity index (χ0) is 25.2. The Kier molecular flexibility index (Phi) is 9.19. The zero-order valence-corrected chi connectivity index (χ0v) is 24.6. The van der Waals surface area contributed by atoms with E-state index < -0.39 is 0 Å². The van der Waals surface area contributed by atoms with Gasteiger partial charge in [0, 0.05) is 56.0 Å². The summed E-state index contributed by atoms with van der Waals surface area (Å²) in [7, 11) is 0. The molecule has 0 spiro atoms. The van der Waals surface area contributed by atoms with Crippen LogP contribution in [0, 0.1) is 5.41 Å². The second-order valence-electron chi connectivity index (χ2n) is 11.4. The number of nitrogens with one attached hydrogen (secondary N) is 1. The van der Waals surface area contributed by atoms with Crippen molar-refractivity contribution in [2.24, 2.45) is 10.4 Å². The van der Waals surface area contributed by atoms with Gasteiger partial charge in [0.15, 0.2) is 0 Å².